The van der Waals surface area contributed by atoms with Crippen molar-refractivity contribution in [1.82, 2.24) is 26.6 Å². The number of nitrogens with one attached hydrogen (secondary N) is 5. The number of aliphatic imine (C=N–C) groups is 1. The van der Waals surface area contributed by atoms with Crippen LogP contribution >= 0.6 is 0 Å². The maximum Gasteiger partial charge on any atom is 0.305 e. The van der Waals surface area contributed by atoms with E-state index in [9.17, 15) is 33.9 Å². The van der Waals surface area contributed by atoms with E-state index in [1.54, 1.807) is 44.2 Å². The molecule has 0 saturated carbocycles. The van der Waals surface area contributed by atoms with Gasteiger partial charge in [0.1, 0.15) is 18.1 Å². The summed E-state index contributed by atoms with van der Waals surface area (Å²) < 4.78 is 0. The summed E-state index contributed by atoms with van der Waals surface area (Å²) in [4.78, 5) is 80.3. The molecule has 15 nitrogen and oxygen atoms in total. The molecule has 1 aromatic rings. The molecule has 10 N–H and O–H groups in total. The van der Waals surface area contributed by atoms with Crippen LogP contribution in [0.5, 0.6) is 0 Å². The predicted molar refractivity (Wildman–Crippen MR) is 148 cm³/mol. The van der Waals surface area contributed by atoms with Gasteiger partial charge in [-0.2, -0.15) is 0 Å². The highest BCUT2D eigenvalue weighted by Gasteiger charge is 2.32. The molecule has 15 heteroatoms. The SMILES string of the molecule is CC(C)C1NC(=O)CC(c2ccccc2)NC(=O)[C@H](CC(=O)O)NC(=O)CNC(=O)C(CCCN=C(N)N)NC1=O. The Labute approximate surface area is 237 Å². The Kier molecular flexibility index (Phi) is 12.5. The molecule has 224 valence electrons. The van der Waals surface area contributed by atoms with Crippen LogP contribution in [-0.2, 0) is 28.8 Å². The van der Waals surface area contributed by atoms with Gasteiger partial charge in [0.15, 0.2) is 5.96 Å². The molecular formula is C26H38N8O7. The Morgan fingerprint density at radius 1 is 0.927 bits per heavy atom. The number of benzene rings is 1. The number of amides is 5. The predicted octanol–water partition coefficient (Wildman–Crippen LogP) is -2.00. The van der Waals surface area contributed by atoms with Gasteiger partial charge in [0.05, 0.1) is 25.4 Å². The zero-order valence-corrected chi connectivity index (χ0v) is 23.0. The van der Waals surface area contributed by atoms with Crippen molar-refractivity contribution in [2.24, 2.45) is 22.4 Å². The van der Waals surface area contributed by atoms with Crippen LogP contribution in [-0.4, -0.2) is 77.8 Å². The number of nitrogens with zero attached hydrogens (tertiary/aromatic N) is 1. The average Bonchev–Trinajstić information content (AvgIpc) is 2.90. The normalized spacial score (nSPS) is 23.0. The molecule has 5 amide bonds. The molecule has 0 spiro atoms. The standard InChI is InChI=1S/C26H38N8O7/c1-14(2)22-25(41)32-16(9-6-10-29-26(27)28)23(39)30-13-20(36)31-18(12-21(37)38)24(40)33-17(11-19(35)34-22)15-7-4-3-5-8-15/h3-5,7-8,14,16-18,22H,6,9-13H2,1-2H3,(H,30,39)(H,31,36)(H,32,41)(H,33,40)(H,34,35)(H,37,38)(H4,27,28,29)/t16?,17?,18-,22?/m0/s1. The van der Waals surface area contributed by atoms with Crippen LogP contribution in [0.4, 0.5) is 0 Å². The van der Waals surface area contributed by atoms with E-state index in [-0.39, 0.29) is 31.3 Å². The minimum Gasteiger partial charge on any atom is -0.481 e. The number of aliphatic carboxylic acids is 1. The molecule has 1 aliphatic rings. The summed E-state index contributed by atoms with van der Waals surface area (Å²) in [6.45, 7) is 3.02. The number of rotatable bonds is 8. The number of carboxylic acid groups (broad SMARTS) is 1. The fraction of sp³-hybridized carbons (Fsp3) is 0.500. The van der Waals surface area contributed by atoms with Crippen molar-refractivity contribution in [2.75, 3.05) is 13.1 Å². The Hall–Kier alpha value is -4.69. The summed E-state index contributed by atoms with van der Waals surface area (Å²) in [6.07, 6.45) is -0.615. The first-order chi connectivity index (χ1) is 19.4. The molecule has 1 fully saturated rings. The van der Waals surface area contributed by atoms with Crippen molar-refractivity contribution in [3.63, 3.8) is 0 Å². The third kappa shape index (κ3) is 11.1. The van der Waals surface area contributed by atoms with Crippen molar-refractivity contribution < 1.29 is 33.9 Å². The van der Waals surface area contributed by atoms with E-state index >= 15 is 0 Å². The average molecular weight is 575 g/mol. The van der Waals surface area contributed by atoms with Crippen LogP contribution < -0.4 is 38.1 Å². The second-order valence-electron chi connectivity index (χ2n) is 9.91. The van der Waals surface area contributed by atoms with Gasteiger partial charge in [-0.15, -0.1) is 0 Å². The monoisotopic (exact) mass is 574 g/mol. The zero-order valence-electron chi connectivity index (χ0n) is 23.0. The first-order valence-electron chi connectivity index (χ1n) is 13.2. The highest BCUT2D eigenvalue weighted by molar-refractivity contribution is 5.95. The van der Waals surface area contributed by atoms with Gasteiger partial charge in [0, 0.05) is 6.54 Å². The fourth-order valence-corrected chi connectivity index (χ4v) is 4.12. The highest BCUT2D eigenvalue weighted by Crippen LogP contribution is 2.18. The number of hydrogen-bond acceptors (Lipinski definition) is 7. The van der Waals surface area contributed by atoms with Crippen LogP contribution in [0.1, 0.15) is 51.1 Å². The van der Waals surface area contributed by atoms with E-state index in [1.807, 2.05) is 0 Å². The summed E-state index contributed by atoms with van der Waals surface area (Å²) in [5.74, 6) is -5.42. The van der Waals surface area contributed by atoms with Crippen LogP contribution in [0.25, 0.3) is 0 Å². The topological polar surface area (TPSA) is 247 Å². The number of carbonyl (C=O) groups excluding carboxylic acids is 5. The largest absolute Gasteiger partial charge is 0.481 e. The molecule has 2 rings (SSSR count). The number of hydrogen-bond donors (Lipinski definition) is 8. The molecule has 41 heavy (non-hydrogen) atoms. The zero-order chi connectivity index (χ0) is 30.5. The lowest BCUT2D eigenvalue weighted by molar-refractivity contribution is -0.141. The quantitative estimate of drug-likeness (QED) is 0.0970. The van der Waals surface area contributed by atoms with Gasteiger partial charge < -0.3 is 43.2 Å². The third-order valence-electron chi connectivity index (χ3n) is 6.21. The summed E-state index contributed by atoms with van der Waals surface area (Å²) in [5.41, 5.74) is 11.2. The summed E-state index contributed by atoms with van der Waals surface area (Å²) >= 11 is 0. The lowest BCUT2D eigenvalue weighted by Crippen LogP contribution is -2.57. The molecule has 0 aliphatic carbocycles. The fourth-order valence-electron chi connectivity index (χ4n) is 4.12. The summed E-state index contributed by atoms with van der Waals surface area (Å²) in [7, 11) is 0. The van der Waals surface area contributed by atoms with Crippen molar-refractivity contribution in [2.45, 2.75) is 63.7 Å². The molecule has 1 saturated heterocycles. The van der Waals surface area contributed by atoms with Gasteiger partial charge in [-0.1, -0.05) is 44.2 Å². The van der Waals surface area contributed by atoms with Crippen LogP contribution in [0.15, 0.2) is 35.3 Å². The molecule has 0 radical (unpaired) electrons. The van der Waals surface area contributed by atoms with Crippen molar-refractivity contribution in [3.05, 3.63) is 35.9 Å². The molecule has 0 bridgehead atoms. The molecule has 1 aliphatic heterocycles. The summed E-state index contributed by atoms with van der Waals surface area (Å²) in [5, 5.41) is 22.0. The van der Waals surface area contributed by atoms with Crippen molar-refractivity contribution >= 4 is 41.5 Å². The third-order valence-corrected chi connectivity index (χ3v) is 6.21. The van der Waals surface area contributed by atoms with Gasteiger partial charge in [0.25, 0.3) is 0 Å². The van der Waals surface area contributed by atoms with Crippen molar-refractivity contribution in [3.8, 4) is 0 Å². The smallest absolute Gasteiger partial charge is 0.305 e. The first-order valence-corrected chi connectivity index (χ1v) is 13.2. The minimum absolute atomic E-state index is 0.106. The van der Waals surface area contributed by atoms with Gasteiger partial charge >= 0.3 is 5.97 Å². The van der Waals surface area contributed by atoms with Crippen LogP contribution in [0.2, 0.25) is 0 Å². The van der Waals surface area contributed by atoms with E-state index in [0.717, 1.165) is 0 Å². The van der Waals surface area contributed by atoms with Gasteiger partial charge in [-0.05, 0) is 24.3 Å². The van der Waals surface area contributed by atoms with E-state index in [2.05, 4.69) is 31.6 Å². The Morgan fingerprint density at radius 2 is 1.61 bits per heavy atom. The summed E-state index contributed by atoms with van der Waals surface area (Å²) in [6, 6.07) is 3.98. The van der Waals surface area contributed by atoms with Crippen LogP contribution in [0, 0.1) is 5.92 Å². The Balaban J connectivity index is 2.41. The van der Waals surface area contributed by atoms with E-state index < -0.39 is 72.6 Å². The lowest BCUT2D eigenvalue weighted by atomic mass is 9.99. The van der Waals surface area contributed by atoms with Crippen molar-refractivity contribution in [1.29, 1.82) is 0 Å². The minimum atomic E-state index is -1.49. The van der Waals surface area contributed by atoms with E-state index in [4.69, 9.17) is 11.5 Å². The molecule has 3 unspecified atom stereocenters. The maximum atomic E-state index is 13.2. The Morgan fingerprint density at radius 3 is 2.22 bits per heavy atom. The number of carbonyl (C=O) groups is 6. The molecule has 1 heterocycles. The maximum absolute atomic E-state index is 13.2. The van der Waals surface area contributed by atoms with E-state index in [0.29, 0.717) is 12.0 Å². The van der Waals surface area contributed by atoms with Gasteiger partial charge in [-0.3, -0.25) is 33.8 Å². The van der Waals surface area contributed by atoms with Gasteiger partial charge in [-0.25, -0.2) is 0 Å². The molecule has 0 aromatic heterocycles. The highest BCUT2D eigenvalue weighted by atomic mass is 16.4. The second kappa shape index (κ2) is 15.8. The second-order valence-corrected chi connectivity index (χ2v) is 9.91. The number of guanidine groups is 1. The Bertz CT molecular complexity index is 1140. The number of carboxylic acids is 1. The van der Waals surface area contributed by atoms with Gasteiger partial charge in [0.2, 0.25) is 29.5 Å². The molecular weight excluding hydrogens is 536 g/mol. The first kappa shape index (κ1) is 32.5. The number of nitrogens with two attached hydrogens (primary N) is 2. The van der Waals surface area contributed by atoms with Crippen LogP contribution in [0.3, 0.4) is 0 Å². The van der Waals surface area contributed by atoms with E-state index in [1.165, 1.54) is 0 Å². The lowest BCUT2D eigenvalue weighted by Gasteiger charge is -2.27. The molecule has 1 aromatic carbocycles. The molecule has 4 atom stereocenters.